The Hall–Kier alpha value is -0.940. The van der Waals surface area contributed by atoms with E-state index in [1.807, 2.05) is 4.90 Å². The molecule has 0 spiro atoms. The lowest BCUT2D eigenvalue weighted by Gasteiger charge is -2.19. The molecular formula is C14H22N2O2S. The highest BCUT2D eigenvalue weighted by Gasteiger charge is 2.30. The number of hydrogen-bond donors (Lipinski definition) is 1. The highest BCUT2D eigenvalue weighted by molar-refractivity contribution is 7.09. The van der Waals surface area contributed by atoms with Crippen molar-refractivity contribution >= 4 is 17.3 Å². The molecule has 0 radical (unpaired) electrons. The van der Waals surface area contributed by atoms with E-state index in [9.17, 15) is 4.79 Å². The maximum atomic E-state index is 11.1. The summed E-state index contributed by atoms with van der Waals surface area (Å²) in [5.74, 6) is -0.00455. The molecule has 0 bridgehead atoms. The minimum Gasteiger partial charge on any atom is -0.480 e. The Labute approximate surface area is 118 Å². The molecule has 2 heterocycles. The van der Waals surface area contributed by atoms with Crippen molar-refractivity contribution in [2.45, 2.75) is 52.1 Å². The Balaban J connectivity index is 1.90. The van der Waals surface area contributed by atoms with Gasteiger partial charge in [-0.15, -0.1) is 11.3 Å². The average Bonchev–Trinajstić information content (AvgIpc) is 2.96. The summed E-state index contributed by atoms with van der Waals surface area (Å²) >= 11 is 1.70. The highest BCUT2D eigenvalue weighted by Crippen LogP contribution is 2.22. The van der Waals surface area contributed by atoms with Gasteiger partial charge in [0, 0.05) is 11.9 Å². The molecule has 106 valence electrons. The number of nitrogens with zero attached hydrogens (tertiary/aromatic N) is 2. The summed E-state index contributed by atoms with van der Waals surface area (Å²) in [7, 11) is 0. The van der Waals surface area contributed by atoms with Crippen LogP contribution in [-0.2, 0) is 17.8 Å². The van der Waals surface area contributed by atoms with E-state index >= 15 is 0 Å². The summed E-state index contributed by atoms with van der Waals surface area (Å²) in [5.41, 5.74) is 1.02. The van der Waals surface area contributed by atoms with Crippen LogP contribution in [0.1, 0.15) is 43.8 Å². The lowest BCUT2D eigenvalue weighted by Crippen LogP contribution is -2.35. The zero-order valence-electron chi connectivity index (χ0n) is 11.6. The van der Waals surface area contributed by atoms with Crippen molar-refractivity contribution in [2.75, 3.05) is 6.54 Å². The van der Waals surface area contributed by atoms with Crippen molar-refractivity contribution in [3.63, 3.8) is 0 Å². The normalized spacial score (nSPS) is 20.3. The van der Waals surface area contributed by atoms with Crippen LogP contribution >= 0.6 is 11.3 Å². The maximum absolute atomic E-state index is 11.1. The van der Waals surface area contributed by atoms with Gasteiger partial charge in [0.05, 0.1) is 10.7 Å². The second-order valence-corrected chi connectivity index (χ2v) is 6.57. The van der Waals surface area contributed by atoms with Gasteiger partial charge in [-0.3, -0.25) is 9.69 Å². The van der Waals surface area contributed by atoms with Gasteiger partial charge in [0.15, 0.2) is 0 Å². The van der Waals surface area contributed by atoms with Crippen LogP contribution in [-0.4, -0.2) is 33.5 Å². The average molecular weight is 282 g/mol. The lowest BCUT2D eigenvalue weighted by atomic mass is 10.1. The van der Waals surface area contributed by atoms with Gasteiger partial charge in [-0.2, -0.15) is 0 Å². The number of aliphatic carboxylic acids is 1. The first-order valence-corrected chi connectivity index (χ1v) is 7.84. The largest absolute Gasteiger partial charge is 0.480 e. The summed E-state index contributed by atoms with van der Waals surface area (Å²) in [4.78, 5) is 17.8. The predicted molar refractivity (Wildman–Crippen MR) is 76.3 cm³/mol. The Morgan fingerprint density at radius 2 is 2.42 bits per heavy atom. The van der Waals surface area contributed by atoms with Gasteiger partial charge < -0.3 is 5.11 Å². The van der Waals surface area contributed by atoms with Gasteiger partial charge in [-0.1, -0.05) is 13.8 Å². The van der Waals surface area contributed by atoms with E-state index in [1.54, 1.807) is 11.3 Å². The Morgan fingerprint density at radius 3 is 3.11 bits per heavy atom. The Morgan fingerprint density at radius 1 is 1.63 bits per heavy atom. The minimum absolute atomic E-state index is 0.319. The first-order valence-electron chi connectivity index (χ1n) is 6.96. The lowest BCUT2D eigenvalue weighted by molar-refractivity contribution is -0.142. The van der Waals surface area contributed by atoms with Gasteiger partial charge in [0.25, 0.3) is 0 Å². The third kappa shape index (κ3) is 4.01. The molecule has 19 heavy (non-hydrogen) atoms. The molecule has 1 aromatic heterocycles. The van der Waals surface area contributed by atoms with E-state index in [-0.39, 0.29) is 6.04 Å². The molecule has 0 aliphatic carbocycles. The molecule has 4 nitrogen and oxygen atoms in total. The molecule has 1 saturated heterocycles. The third-order valence-corrected chi connectivity index (χ3v) is 4.51. The molecule has 5 heteroatoms. The number of carboxylic acids is 1. The van der Waals surface area contributed by atoms with E-state index in [0.717, 1.165) is 37.9 Å². The minimum atomic E-state index is -0.701. The van der Waals surface area contributed by atoms with E-state index in [4.69, 9.17) is 5.11 Å². The summed E-state index contributed by atoms with van der Waals surface area (Å²) in [6.07, 6.45) is 3.93. The summed E-state index contributed by atoms with van der Waals surface area (Å²) in [5, 5.41) is 12.4. The number of aromatic nitrogens is 1. The summed E-state index contributed by atoms with van der Waals surface area (Å²) in [6.45, 7) is 5.98. The van der Waals surface area contributed by atoms with Crippen LogP contribution in [0.4, 0.5) is 0 Å². The number of thiazole rings is 1. The maximum Gasteiger partial charge on any atom is 0.320 e. The number of carboxylic acid groups (broad SMARTS) is 1. The van der Waals surface area contributed by atoms with Gasteiger partial charge in [0.1, 0.15) is 6.04 Å². The monoisotopic (exact) mass is 282 g/mol. The molecule has 1 aliphatic rings. The molecule has 1 aromatic rings. The standard InChI is InChI=1S/C14H22N2O2S/c1-10(2)5-6-13-15-11(9-19-13)8-16-7-3-4-12(16)14(17)18/h9-10,12H,3-8H2,1-2H3,(H,17,18). The summed E-state index contributed by atoms with van der Waals surface area (Å²) in [6, 6.07) is -0.319. The van der Waals surface area contributed by atoms with Crippen LogP contribution in [0.3, 0.4) is 0 Å². The van der Waals surface area contributed by atoms with E-state index < -0.39 is 5.97 Å². The molecule has 1 unspecified atom stereocenters. The van der Waals surface area contributed by atoms with Crippen molar-refractivity contribution in [1.29, 1.82) is 0 Å². The molecule has 0 aromatic carbocycles. The van der Waals surface area contributed by atoms with Crippen molar-refractivity contribution in [1.82, 2.24) is 9.88 Å². The smallest absolute Gasteiger partial charge is 0.320 e. The zero-order valence-corrected chi connectivity index (χ0v) is 12.4. The molecule has 2 rings (SSSR count). The topological polar surface area (TPSA) is 53.4 Å². The zero-order chi connectivity index (χ0) is 13.8. The first-order chi connectivity index (χ1) is 9.06. The SMILES string of the molecule is CC(C)CCc1nc(CN2CCCC2C(=O)O)cs1. The molecule has 1 atom stereocenters. The molecule has 0 saturated carbocycles. The Kier molecular flexibility index (Phi) is 4.93. The van der Waals surface area contributed by atoms with Crippen molar-refractivity contribution in [2.24, 2.45) is 5.92 Å². The van der Waals surface area contributed by atoms with Crippen LogP contribution < -0.4 is 0 Å². The number of likely N-dealkylation sites (tertiary alicyclic amines) is 1. The Bertz CT molecular complexity index is 431. The van der Waals surface area contributed by atoms with Crippen LogP contribution in [0, 0.1) is 5.92 Å². The molecule has 1 N–H and O–H groups in total. The molecular weight excluding hydrogens is 260 g/mol. The second-order valence-electron chi connectivity index (χ2n) is 5.63. The van der Waals surface area contributed by atoms with Crippen LogP contribution in [0.2, 0.25) is 0 Å². The first kappa shape index (κ1) is 14.5. The van der Waals surface area contributed by atoms with Crippen LogP contribution in [0.15, 0.2) is 5.38 Å². The van der Waals surface area contributed by atoms with Crippen molar-refractivity contribution in [3.05, 3.63) is 16.1 Å². The fraction of sp³-hybridized carbons (Fsp3) is 0.714. The molecule has 1 fully saturated rings. The number of aryl methyl sites for hydroxylation is 1. The van der Waals surface area contributed by atoms with Crippen molar-refractivity contribution < 1.29 is 9.90 Å². The van der Waals surface area contributed by atoms with Gasteiger partial charge in [0.2, 0.25) is 0 Å². The quantitative estimate of drug-likeness (QED) is 0.871. The predicted octanol–water partition coefficient (Wildman–Crippen LogP) is 2.78. The van der Waals surface area contributed by atoms with Crippen molar-refractivity contribution in [3.8, 4) is 0 Å². The van der Waals surface area contributed by atoms with Crippen LogP contribution in [0.25, 0.3) is 0 Å². The number of rotatable bonds is 6. The number of carbonyl (C=O) groups is 1. The van der Waals surface area contributed by atoms with E-state index in [0.29, 0.717) is 12.5 Å². The summed E-state index contributed by atoms with van der Waals surface area (Å²) < 4.78 is 0. The molecule has 1 aliphatic heterocycles. The van der Waals surface area contributed by atoms with Crippen LogP contribution in [0.5, 0.6) is 0 Å². The highest BCUT2D eigenvalue weighted by atomic mass is 32.1. The van der Waals surface area contributed by atoms with Gasteiger partial charge in [-0.05, 0) is 38.1 Å². The van der Waals surface area contributed by atoms with E-state index in [1.165, 1.54) is 5.01 Å². The molecule has 0 amide bonds. The third-order valence-electron chi connectivity index (χ3n) is 3.55. The fourth-order valence-corrected chi connectivity index (χ4v) is 3.26. The second kappa shape index (κ2) is 6.48. The van der Waals surface area contributed by atoms with E-state index in [2.05, 4.69) is 24.2 Å². The van der Waals surface area contributed by atoms with Gasteiger partial charge in [-0.25, -0.2) is 4.98 Å². The van der Waals surface area contributed by atoms with Gasteiger partial charge >= 0.3 is 5.97 Å². The fourth-order valence-electron chi connectivity index (χ4n) is 2.45. The number of hydrogen-bond acceptors (Lipinski definition) is 4.